The molecule has 150 valence electrons. The summed E-state index contributed by atoms with van der Waals surface area (Å²) in [6, 6.07) is 14.3. The molecule has 5 nitrogen and oxygen atoms in total. The Hall–Kier alpha value is -2.50. The number of benzene rings is 2. The molecule has 1 atom stereocenters. The van der Waals surface area contributed by atoms with Crippen molar-refractivity contribution in [2.45, 2.75) is 18.9 Å². The number of nitrogens with zero attached hydrogens (tertiary/aromatic N) is 1. The standard InChI is InChI=1S/C23H29NO4/c1-26-21-9-7-18(8-10-21)19(15-24-12-4-5-20(24)16-25)13-17-6-11-22(27-2)23(14-17)28-3/h6-11,13-14,20,25H,4-5,12,15-16H2,1-3H3/t20-/m0/s1. The lowest BCUT2D eigenvalue weighted by Gasteiger charge is -2.24. The van der Waals surface area contributed by atoms with Crippen molar-refractivity contribution < 1.29 is 19.3 Å². The van der Waals surface area contributed by atoms with Gasteiger partial charge >= 0.3 is 0 Å². The maximum Gasteiger partial charge on any atom is 0.161 e. The van der Waals surface area contributed by atoms with Gasteiger partial charge in [-0.05, 0) is 66.4 Å². The second-order valence-electron chi connectivity index (χ2n) is 6.96. The Bertz CT molecular complexity index is 801. The lowest BCUT2D eigenvalue weighted by atomic mass is 10.0. The van der Waals surface area contributed by atoms with Crippen molar-refractivity contribution in [1.82, 2.24) is 4.90 Å². The van der Waals surface area contributed by atoms with Gasteiger partial charge < -0.3 is 19.3 Å². The first-order chi connectivity index (χ1) is 13.7. The second-order valence-corrected chi connectivity index (χ2v) is 6.96. The zero-order valence-electron chi connectivity index (χ0n) is 16.9. The van der Waals surface area contributed by atoms with Crippen LogP contribution in [0.1, 0.15) is 24.0 Å². The Morgan fingerprint density at radius 3 is 2.43 bits per heavy atom. The number of hydrogen-bond donors (Lipinski definition) is 1. The summed E-state index contributed by atoms with van der Waals surface area (Å²) in [7, 11) is 4.95. The average Bonchev–Trinajstić information content (AvgIpc) is 3.20. The molecule has 28 heavy (non-hydrogen) atoms. The van der Waals surface area contributed by atoms with E-state index in [9.17, 15) is 5.11 Å². The van der Waals surface area contributed by atoms with Crippen LogP contribution in [0, 0.1) is 0 Å². The molecule has 0 saturated carbocycles. The van der Waals surface area contributed by atoms with Crippen LogP contribution in [0.4, 0.5) is 0 Å². The van der Waals surface area contributed by atoms with E-state index in [0.29, 0.717) is 11.5 Å². The first-order valence-corrected chi connectivity index (χ1v) is 9.60. The van der Waals surface area contributed by atoms with Crippen LogP contribution in [0.15, 0.2) is 42.5 Å². The minimum atomic E-state index is 0.201. The van der Waals surface area contributed by atoms with Crippen molar-refractivity contribution in [3.8, 4) is 17.2 Å². The van der Waals surface area contributed by atoms with Gasteiger partial charge in [-0.2, -0.15) is 0 Å². The Morgan fingerprint density at radius 2 is 1.79 bits per heavy atom. The Kier molecular flexibility index (Phi) is 6.95. The summed E-state index contributed by atoms with van der Waals surface area (Å²) in [4.78, 5) is 2.36. The summed E-state index contributed by atoms with van der Waals surface area (Å²) in [5, 5.41) is 9.70. The van der Waals surface area contributed by atoms with E-state index in [-0.39, 0.29) is 12.6 Å². The molecule has 1 aliphatic heterocycles. The Labute approximate surface area is 167 Å². The lowest BCUT2D eigenvalue weighted by molar-refractivity contribution is 0.172. The predicted molar refractivity (Wildman–Crippen MR) is 112 cm³/mol. The smallest absolute Gasteiger partial charge is 0.161 e. The van der Waals surface area contributed by atoms with Crippen LogP contribution in [0.3, 0.4) is 0 Å². The molecule has 2 aromatic rings. The molecule has 3 rings (SSSR count). The molecule has 2 aromatic carbocycles. The number of aliphatic hydroxyl groups is 1. The molecule has 0 aromatic heterocycles. The lowest BCUT2D eigenvalue weighted by Crippen LogP contribution is -2.33. The van der Waals surface area contributed by atoms with Gasteiger partial charge in [0.15, 0.2) is 11.5 Å². The van der Waals surface area contributed by atoms with Crippen molar-refractivity contribution in [3.63, 3.8) is 0 Å². The molecule has 0 bridgehead atoms. The highest BCUT2D eigenvalue weighted by atomic mass is 16.5. The highest BCUT2D eigenvalue weighted by Crippen LogP contribution is 2.31. The number of likely N-dealkylation sites (tertiary alicyclic amines) is 1. The van der Waals surface area contributed by atoms with Crippen LogP contribution in [0.5, 0.6) is 17.2 Å². The van der Waals surface area contributed by atoms with Crippen LogP contribution in [0.25, 0.3) is 11.6 Å². The molecule has 1 fully saturated rings. The van der Waals surface area contributed by atoms with Crippen LogP contribution in [-0.4, -0.2) is 57.1 Å². The summed E-state index contributed by atoms with van der Waals surface area (Å²) in [6.07, 6.45) is 4.34. The van der Waals surface area contributed by atoms with Crippen molar-refractivity contribution in [1.29, 1.82) is 0 Å². The molecule has 0 spiro atoms. The predicted octanol–water partition coefficient (Wildman–Crippen LogP) is 3.71. The minimum absolute atomic E-state index is 0.201. The number of methoxy groups -OCH3 is 3. The number of aliphatic hydroxyl groups excluding tert-OH is 1. The molecular weight excluding hydrogens is 354 g/mol. The summed E-state index contributed by atoms with van der Waals surface area (Å²) in [5.74, 6) is 2.26. The van der Waals surface area contributed by atoms with E-state index in [4.69, 9.17) is 14.2 Å². The monoisotopic (exact) mass is 383 g/mol. The molecule has 0 amide bonds. The molecule has 0 aliphatic carbocycles. The van der Waals surface area contributed by atoms with Gasteiger partial charge in [-0.25, -0.2) is 0 Å². The first-order valence-electron chi connectivity index (χ1n) is 9.60. The third-order valence-electron chi connectivity index (χ3n) is 5.29. The fourth-order valence-electron chi connectivity index (χ4n) is 3.70. The molecule has 1 N–H and O–H groups in total. The van der Waals surface area contributed by atoms with Gasteiger partial charge in [-0.15, -0.1) is 0 Å². The van der Waals surface area contributed by atoms with Crippen molar-refractivity contribution in [2.24, 2.45) is 0 Å². The van der Waals surface area contributed by atoms with E-state index in [1.807, 2.05) is 30.3 Å². The quantitative estimate of drug-likeness (QED) is 0.705. The van der Waals surface area contributed by atoms with E-state index >= 15 is 0 Å². The third-order valence-corrected chi connectivity index (χ3v) is 5.29. The van der Waals surface area contributed by atoms with Crippen molar-refractivity contribution in [2.75, 3.05) is 41.0 Å². The molecular formula is C23H29NO4. The van der Waals surface area contributed by atoms with E-state index in [1.54, 1.807) is 21.3 Å². The van der Waals surface area contributed by atoms with Gasteiger partial charge in [0.2, 0.25) is 0 Å². The van der Waals surface area contributed by atoms with Crippen LogP contribution < -0.4 is 14.2 Å². The highest BCUT2D eigenvalue weighted by Gasteiger charge is 2.24. The maximum atomic E-state index is 9.70. The molecule has 0 unspecified atom stereocenters. The number of ether oxygens (including phenoxy) is 3. The summed E-state index contributed by atoms with van der Waals surface area (Å²) >= 11 is 0. The zero-order chi connectivity index (χ0) is 19.9. The van der Waals surface area contributed by atoms with Crippen LogP contribution >= 0.6 is 0 Å². The SMILES string of the molecule is COc1ccc(C(=Cc2ccc(OC)c(OC)c2)CN2CCC[C@H]2CO)cc1. The molecule has 0 radical (unpaired) electrons. The Balaban J connectivity index is 1.95. The van der Waals surface area contributed by atoms with E-state index < -0.39 is 0 Å². The minimum Gasteiger partial charge on any atom is -0.497 e. The molecule has 1 heterocycles. The molecule has 5 heteroatoms. The van der Waals surface area contributed by atoms with Gasteiger partial charge in [0.1, 0.15) is 5.75 Å². The van der Waals surface area contributed by atoms with Gasteiger partial charge in [-0.3, -0.25) is 4.90 Å². The average molecular weight is 383 g/mol. The van der Waals surface area contributed by atoms with Crippen LogP contribution in [0.2, 0.25) is 0 Å². The van der Waals surface area contributed by atoms with Crippen molar-refractivity contribution >= 4 is 11.6 Å². The maximum absolute atomic E-state index is 9.70. The van der Waals surface area contributed by atoms with Gasteiger partial charge in [0.25, 0.3) is 0 Å². The fourth-order valence-corrected chi connectivity index (χ4v) is 3.70. The zero-order valence-corrected chi connectivity index (χ0v) is 16.9. The fraction of sp³-hybridized carbons (Fsp3) is 0.391. The normalized spacial score (nSPS) is 17.6. The van der Waals surface area contributed by atoms with E-state index in [0.717, 1.165) is 42.8 Å². The topological polar surface area (TPSA) is 51.2 Å². The summed E-state index contributed by atoms with van der Waals surface area (Å²) in [5.41, 5.74) is 3.37. The van der Waals surface area contributed by atoms with Gasteiger partial charge in [0, 0.05) is 12.6 Å². The van der Waals surface area contributed by atoms with E-state index in [2.05, 4.69) is 23.1 Å². The second kappa shape index (κ2) is 9.62. The molecule has 1 aliphatic rings. The van der Waals surface area contributed by atoms with Gasteiger partial charge in [0.05, 0.1) is 27.9 Å². The third kappa shape index (κ3) is 4.66. The van der Waals surface area contributed by atoms with E-state index in [1.165, 1.54) is 5.57 Å². The van der Waals surface area contributed by atoms with Crippen LogP contribution in [-0.2, 0) is 0 Å². The number of hydrogen-bond acceptors (Lipinski definition) is 5. The number of rotatable bonds is 8. The summed E-state index contributed by atoms with van der Waals surface area (Å²) in [6.45, 7) is 1.99. The molecule has 1 saturated heterocycles. The van der Waals surface area contributed by atoms with Gasteiger partial charge in [-0.1, -0.05) is 18.2 Å². The Morgan fingerprint density at radius 1 is 1.04 bits per heavy atom. The highest BCUT2D eigenvalue weighted by molar-refractivity contribution is 5.83. The largest absolute Gasteiger partial charge is 0.497 e. The van der Waals surface area contributed by atoms with Crippen molar-refractivity contribution in [3.05, 3.63) is 53.6 Å². The summed E-state index contributed by atoms with van der Waals surface area (Å²) < 4.78 is 16.1. The first kappa shape index (κ1) is 20.2.